The second-order valence-corrected chi connectivity index (χ2v) is 6.19. The number of aliphatic hydroxyl groups is 1. The summed E-state index contributed by atoms with van der Waals surface area (Å²) in [7, 11) is 0. The fourth-order valence-corrected chi connectivity index (χ4v) is 3.33. The van der Waals surface area contributed by atoms with E-state index in [1.807, 2.05) is 30.3 Å². The molecule has 3 rings (SSSR count). The van der Waals surface area contributed by atoms with Crippen molar-refractivity contribution < 1.29 is 9.90 Å². The van der Waals surface area contributed by atoms with E-state index in [2.05, 4.69) is 5.32 Å². The molecular formula is C15H17NO2S. The lowest BCUT2D eigenvalue weighted by molar-refractivity contribution is -0.127. The first-order valence-electron chi connectivity index (χ1n) is 6.68. The number of nitrogens with one attached hydrogen (secondary N) is 1. The van der Waals surface area contributed by atoms with Gasteiger partial charge in [0.1, 0.15) is 6.10 Å². The van der Waals surface area contributed by atoms with Crippen LogP contribution in [-0.4, -0.2) is 17.6 Å². The molecule has 100 valence electrons. The van der Waals surface area contributed by atoms with Crippen LogP contribution in [0.4, 0.5) is 0 Å². The van der Waals surface area contributed by atoms with Crippen LogP contribution in [0.2, 0.25) is 0 Å². The van der Waals surface area contributed by atoms with E-state index >= 15 is 0 Å². The van der Waals surface area contributed by atoms with E-state index in [1.165, 1.54) is 4.70 Å². The number of rotatable bonds is 4. The van der Waals surface area contributed by atoms with E-state index in [0.717, 1.165) is 29.5 Å². The minimum Gasteiger partial charge on any atom is -0.386 e. The standard InChI is InChI=1S/C15H17NO2S/c17-12(9-16-15(18)10-5-3-6-10)14-8-11-4-1-2-7-13(11)19-14/h1-2,4,7-8,10,12,17H,3,5-6,9H2,(H,16,18). The zero-order valence-electron chi connectivity index (χ0n) is 10.6. The number of benzene rings is 1. The van der Waals surface area contributed by atoms with Gasteiger partial charge in [-0.05, 0) is 30.4 Å². The van der Waals surface area contributed by atoms with Crippen molar-refractivity contribution in [1.29, 1.82) is 0 Å². The summed E-state index contributed by atoms with van der Waals surface area (Å²) < 4.78 is 1.17. The molecule has 1 aliphatic carbocycles. The normalized spacial score (nSPS) is 17.1. The SMILES string of the molecule is O=C(NCC(O)c1cc2ccccc2s1)C1CCC1. The average Bonchev–Trinajstić information content (AvgIpc) is 2.77. The Morgan fingerprint density at radius 2 is 2.21 bits per heavy atom. The summed E-state index contributed by atoms with van der Waals surface area (Å²) in [6.07, 6.45) is 2.52. The number of amides is 1. The molecule has 1 unspecified atom stereocenters. The van der Waals surface area contributed by atoms with Gasteiger partial charge in [-0.2, -0.15) is 0 Å². The maximum absolute atomic E-state index is 11.7. The average molecular weight is 275 g/mol. The van der Waals surface area contributed by atoms with E-state index in [0.29, 0.717) is 6.54 Å². The second kappa shape index (κ2) is 5.31. The highest BCUT2D eigenvalue weighted by Gasteiger charge is 2.25. The molecule has 0 spiro atoms. The van der Waals surface area contributed by atoms with Crippen molar-refractivity contribution in [2.75, 3.05) is 6.54 Å². The van der Waals surface area contributed by atoms with Crippen molar-refractivity contribution in [3.63, 3.8) is 0 Å². The second-order valence-electron chi connectivity index (χ2n) is 5.08. The number of hydrogen-bond acceptors (Lipinski definition) is 3. The molecule has 1 aromatic carbocycles. The highest BCUT2D eigenvalue weighted by Crippen LogP contribution is 2.30. The number of thiophene rings is 1. The number of hydrogen-bond donors (Lipinski definition) is 2. The van der Waals surface area contributed by atoms with Gasteiger partial charge in [0.05, 0.1) is 0 Å². The Balaban J connectivity index is 1.62. The van der Waals surface area contributed by atoms with Crippen molar-refractivity contribution >= 4 is 27.3 Å². The molecular weight excluding hydrogens is 258 g/mol. The van der Waals surface area contributed by atoms with Gasteiger partial charge in [0.2, 0.25) is 5.91 Å². The van der Waals surface area contributed by atoms with Crippen molar-refractivity contribution in [2.45, 2.75) is 25.4 Å². The number of carbonyl (C=O) groups excluding carboxylic acids is 1. The minimum atomic E-state index is -0.610. The number of aliphatic hydroxyl groups excluding tert-OH is 1. The van der Waals surface area contributed by atoms with Crippen LogP contribution in [0.5, 0.6) is 0 Å². The Morgan fingerprint density at radius 3 is 2.89 bits per heavy atom. The van der Waals surface area contributed by atoms with Crippen molar-refractivity contribution in [3.8, 4) is 0 Å². The van der Waals surface area contributed by atoms with Crippen LogP contribution in [0.25, 0.3) is 10.1 Å². The third-order valence-electron chi connectivity index (χ3n) is 3.72. The molecule has 0 bridgehead atoms. The van der Waals surface area contributed by atoms with Gasteiger partial charge < -0.3 is 10.4 Å². The molecule has 1 fully saturated rings. The molecule has 1 amide bonds. The molecule has 0 radical (unpaired) electrons. The topological polar surface area (TPSA) is 49.3 Å². The Bertz CT molecular complexity index is 556. The van der Waals surface area contributed by atoms with Crippen molar-refractivity contribution in [3.05, 3.63) is 35.2 Å². The van der Waals surface area contributed by atoms with Crippen molar-refractivity contribution in [1.82, 2.24) is 5.32 Å². The Labute approximate surface area is 116 Å². The van der Waals surface area contributed by atoms with E-state index in [-0.39, 0.29) is 11.8 Å². The fraction of sp³-hybridized carbons (Fsp3) is 0.400. The van der Waals surface area contributed by atoms with Gasteiger partial charge in [-0.25, -0.2) is 0 Å². The molecule has 2 aromatic rings. The van der Waals surface area contributed by atoms with E-state index < -0.39 is 6.10 Å². The van der Waals surface area contributed by atoms with Gasteiger partial charge in [-0.1, -0.05) is 24.6 Å². The molecule has 1 aliphatic rings. The van der Waals surface area contributed by atoms with Crippen LogP contribution in [0, 0.1) is 5.92 Å². The smallest absolute Gasteiger partial charge is 0.223 e. The first-order valence-corrected chi connectivity index (χ1v) is 7.50. The molecule has 19 heavy (non-hydrogen) atoms. The summed E-state index contributed by atoms with van der Waals surface area (Å²) in [5, 5.41) is 14.1. The molecule has 1 heterocycles. The fourth-order valence-electron chi connectivity index (χ4n) is 2.28. The summed E-state index contributed by atoms with van der Waals surface area (Å²) in [6, 6.07) is 10.1. The molecule has 0 aliphatic heterocycles. The molecule has 3 nitrogen and oxygen atoms in total. The van der Waals surface area contributed by atoms with Crippen LogP contribution < -0.4 is 5.32 Å². The quantitative estimate of drug-likeness (QED) is 0.901. The van der Waals surface area contributed by atoms with Crippen molar-refractivity contribution in [2.24, 2.45) is 5.92 Å². The third-order valence-corrected chi connectivity index (χ3v) is 4.94. The first kappa shape index (κ1) is 12.6. The predicted molar refractivity (Wildman–Crippen MR) is 77.1 cm³/mol. The van der Waals surface area contributed by atoms with Gasteiger partial charge >= 0.3 is 0 Å². The first-order chi connectivity index (χ1) is 9.24. The third kappa shape index (κ3) is 2.65. The molecule has 0 saturated heterocycles. The maximum atomic E-state index is 11.7. The summed E-state index contributed by atoms with van der Waals surface area (Å²) in [5.74, 6) is 0.265. The van der Waals surface area contributed by atoms with Crippen LogP contribution in [0.1, 0.15) is 30.2 Å². The van der Waals surface area contributed by atoms with Gasteiger partial charge in [-0.3, -0.25) is 4.79 Å². The summed E-state index contributed by atoms with van der Waals surface area (Å²) in [5.41, 5.74) is 0. The lowest BCUT2D eigenvalue weighted by Crippen LogP contribution is -2.36. The number of fused-ring (bicyclic) bond motifs is 1. The van der Waals surface area contributed by atoms with E-state index in [4.69, 9.17) is 0 Å². The molecule has 1 atom stereocenters. The Kier molecular flexibility index (Phi) is 3.53. The van der Waals surface area contributed by atoms with Gasteiger partial charge in [0, 0.05) is 22.0 Å². The monoisotopic (exact) mass is 275 g/mol. The van der Waals surface area contributed by atoms with E-state index in [9.17, 15) is 9.90 Å². The van der Waals surface area contributed by atoms with E-state index in [1.54, 1.807) is 11.3 Å². The summed E-state index contributed by atoms with van der Waals surface area (Å²) in [4.78, 5) is 12.6. The molecule has 4 heteroatoms. The Hall–Kier alpha value is -1.39. The van der Waals surface area contributed by atoms with Gasteiger partial charge in [0.25, 0.3) is 0 Å². The molecule has 2 N–H and O–H groups in total. The lowest BCUT2D eigenvalue weighted by atomic mass is 9.85. The Morgan fingerprint density at radius 1 is 1.42 bits per heavy atom. The van der Waals surface area contributed by atoms with Crippen LogP contribution in [0.15, 0.2) is 30.3 Å². The highest BCUT2D eigenvalue weighted by atomic mass is 32.1. The molecule has 1 aromatic heterocycles. The van der Waals surface area contributed by atoms with Gasteiger partial charge in [-0.15, -0.1) is 11.3 Å². The zero-order chi connectivity index (χ0) is 13.2. The summed E-state index contributed by atoms with van der Waals surface area (Å²) in [6.45, 7) is 0.308. The van der Waals surface area contributed by atoms with Crippen LogP contribution in [-0.2, 0) is 4.79 Å². The minimum absolute atomic E-state index is 0.0893. The predicted octanol–water partition coefficient (Wildman–Crippen LogP) is 2.85. The maximum Gasteiger partial charge on any atom is 0.223 e. The summed E-state index contributed by atoms with van der Waals surface area (Å²) >= 11 is 1.58. The largest absolute Gasteiger partial charge is 0.386 e. The van der Waals surface area contributed by atoms with Gasteiger partial charge in [0.15, 0.2) is 0 Å². The van der Waals surface area contributed by atoms with Crippen LogP contribution in [0.3, 0.4) is 0 Å². The van der Waals surface area contributed by atoms with Crippen LogP contribution >= 0.6 is 11.3 Å². The highest BCUT2D eigenvalue weighted by molar-refractivity contribution is 7.19. The zero-order valence-corrected chi connectivity index (χ0v) is 11.5. The molecule has 1 saturated carbocycles. The lowest BCUT2D eigenvalue weighted by Gasteiger charge is -2.24. The number of carbonyl (C=O) groups is 1.